The molecule has 4 nitrogen and oxygen atoms in total. The Morgan fingerprint density at radius 2 is 1.86 bits per heavy atom. The number of hydrogen-bond donors (Lipinski definition) is 2. The van der Waals surface area contributed by atoms with Crippen LogP contribution in [0.25, 0.3) is 0 Å². The highest BCUT2D eigenvalue weighted by atomic mass is 16.5. The third-order valence-corrected chi connectivity index (χ3v) is 3.62. The number of amides is 1. The Balaban J connectivity index is 2.39. The number of methoxy groups -OCH3 is 1. The van der Waals surface area contributed by atoms with Gasteiger partial charge in [0.25, 0.3) is 0 Å². The standard InChI is InChI=1S/C17H28N2O2/c1-3-16(14-9-11-15(21-2)12-10-14)19-17(20)8-6-4-5-7-13-18/h9-12,16H,3-8,13,18H2,1-2H3,(H,19,20). The first-order valence-corrected chi connectivity index (χ1v) is 7.84. The number of carbonyl (C=O) groups is 1. The van der Waals surface area contributed by atoms with Crippen LogP contribution in [0.2, 0.25) is 0 Å². The first-order chi connectivity index (χ1) is 10.2. The summed E-state index contributed by atoms with van der Waals surface area (Å²) in [5.74, 6) is 0.963. The third-order valence-electron chi connectivity index (χ3n) is 3.62. The Morgan fingerprint density at radius 1 is 1.19 bits per heavy atom. The van der Waals surface area contributed by atoms with E-state index in [2.05, 4.69) is 12.2 Å². The van der Waals surface area contributed by atoms with E-state index in [1.54, 1.807) is 7.11 Å². The molecule has 1 rings (SSSR count). The van der Waals surface area contributed by atoms with E-state index < -0.39 is 0 Å². The molecule has 118 valence electrons. The maximum Gasteiger partial charge on any atom is 0.220 e. The van der Waals surface area contributed by atoms with Crippen molar-refractivity contribution in [1.82, 2.24) is 5.32 Å². The van der Waals surface area contributed by atoms with Crippen LogP contribution in [-0.2, 0) is 4.79 Å². The highest BCUT2D eigenvalue weighted by molar-refractivity contribution is 5.76. The van der Waals surface area contributed by atoms with Gasteiger partial charge in [-0.25, -0.2) is 0 Å². The van der Waals surface area contributed by atoms with Gasteiger partial charge in [-0.3, -0.25) is 4.79 Å². The molecular weight excluding hydrogens is 264 g/mol. The minimum atomic E-state index is 0.0763. The number of ether oxygens (including phenoxy) is 1. The summed E-state index contributed by atoms with van der Waals surface area (Å²) in [5, 5.41) is 3.11. The zero-order valence-corrected chi connectivity index (χ0v) is 13.2. The van der Waals surface area contributed by atoms with Gasteiger partial charge in [-0.2, -0.15) is 0 Å². The minimum Gasteiger partial charge on any atom is -0.497 e. The van der Waals surface area contributed by atoms with Gasteiger partial charge in [0.05, 0.1) is 13.2 Å². The van der Waals surface area contributed by atoms with Crippen molar-refractivity contribution in [3.8, 4) is 5.75 Å². The van der Waals surface area contributed by atoms with E-state index in [9.17, 15) is 4.79 Å². The number of hydrogen-bond acceptors (Lipinski definition) is 3. The highest BCUT2D eigenvalue weighted by Crippen LogP contribution is 2.20. The first kappa shape index (κ1) is 17.5. The van der Waals surface area contributed by atoms with Gasteiger partial charge in [0.2, 0.25) is 5.91 Å². The number of benzene rings is 1. The Bertz CT molecular complexity index is 404. The van der Waals surface area contributed by atoms with Crippen LogP contribution < -0.4 is 15.8 Å². The smallest absolute Gasteiger partial charge is 0.220 e. The van der Waals surface area contributed by atoms with Crippen molar-refractivity contribution in [2.24, 2.45) is 5.73 Å². The number of rotatable bonds is 10. The van der Waals surface area contributed by atoms with Crippen molar-refractivity contribution >= 4 is 5.91 Å². The van der Waals surface area contributed by atoms with E-state index in [1.165, 1.54) is 0 Å². The molecule has 0 aliphatic rings. The number of carbonyl (C=O) groups excluding carboxylic acids is 1. The van der Waals surface area contributed by atoms with E-state index in [4.69, 9.17) is 10.5 Å². The molecule has 1 aromatic rings. The summed E-state index contributed by atoms with van der Waals surface area (Å²) >= 11 is 0. The fourth-order valence-electron chi connectivity index (χ4n) is 2.31. The lowest BCUT2D eigenvalue weighted by Gasteiger charge is -2.18. The molecule has 0 heterocycles. The van der Waals surface area contributed by atoms with Crippen molar-refractivity contribution in [1.29, 1.82) is 0 Å². The predicted octanol–water partition coefficient (Wildman–Crippen LogP) is 3.17. The Kier molecular flexibility index (Phi) is 8.51. The molecule has 0 spiro atoms. The molecule has 0 saturated heterocycles. The topological polar surface area (TPSA) is 64.4 Å². The number of nitrogens with one attached hydrogen (secondary N) is 1. The van der Waals surface area contributed by atoms with Crippen LogP contribution in [0.15, 0.2) is 24.3 Å². The van der Waals surface area contributed by atoms with Crippen molar-refractivity contribution < 1.29 is 9.53 Å². The van der Waals surface area contributed by atoms with Crippen LogP contribution in [0.1, 0.15) is 57.1 Å². The molecule has 0 aromatic heterocycles. The maximum atomic E-state index is 12.0. The fraction of sp³-hybridized carbons (Fsp3) is 0.588. The zero-order chi connectivity index (χ0) is 15.5. The summed E-state index contributed by atoms with van der Waals surface area (Å²) in [4.78, 5) is 12.0. The lowest BCUT2D eigenvalue weighted by Crippen LogP contribution is -2.27. The van der Waals surface area contributed by atoms with Gasteiger partial charge in [-0.1, -0.05) is 31.9 Å². The maximum absolute atomic E-state index is 12.0. The average molecular weight is 292 g/mol. The van der Waals surface area contributed by atoms with Gasteiger partial charge in [-0.05, 0) is 43.5 Å². The molecule has 0 aliphatic carbocycles. The third kappa shape index (κ3) is 6.63. The van der Waals surface area contributed by atoms with Gasteiger partial charge in [0.15, 0.2) is 0 Å². The second kappa shape index (κ2) is 10.2. The SMILES string of the molecule is CCC(NC(=O)CCCCCCN)c1ccc(OC)cc1. The van der Waals surface area contributed by atoms with Crippen LogP contribution in [0.4, 0.5) is 0 Å². The van der Waals surface area contributed by atoms with Gasteiger partial charge >= 0.3 is 0 Å². The summed E-state index contributed by atoms with van der Waals surface area (Å²) in [6, 6.07) is 7.95. The second-order valence-corrected chi connectivity index (χ2v) is 5.25. The molecule has 0 bridgehead atoms. The molecule has 1 unspecified atom stereocenters. The van der Waals surface area contributed by atoms with E-state index in [0.29, 0.717) is 6.42 Å². The van der Waals surface area contributed by atoms with E-state index in [0.717, 1.165) is 50.0 Å². The average Bonchev–Trinajstić information content (AvgIpc) is 2.52. The van der Waals surface area contributed by atoms with Crippen molar-refractivity contribution in [3.05, 3.63) is 29.8 Å². The molecule has 0 radical (unpaired) electrons. The molecule has 0 saturated carbocycles. The molecule has 1 amide bonds. The lowest BCUT2D eigenvalue weighted by atomic mass is 10.0. The monoisotopic (exact) mass is 292 g/mol. The normalized spacial score (nSPS) is 12.0. The summed E-state index contributed by atoms with van der Waals surface area (Å²) < 4.78 is 5.15. The number of unbranched alkanes of at least 4 members (excludes halogenated alkanes) is 3. The zero-order valence-electron chi connectivity index (χ0n) is 13.2. The Morgan fingerprint density at radius 3 is 2.43 bits per heavy atom. The minimum absolute atomic E-state index is 0.0763. The van der Waals surface area contributed by atoms with Crippen molar-refractivity contribution in [3.63, 3.8) is 0 Å². The predicted molar refractivity (Wildman–Crippen MR) is 86.3 cm³/mol. The van der Waals surface area contributed by atoms with Gasteiger partial charge in [0.1, 0.15) is 5.75 Å². The quantitative estimate of drug-likeness (QED) is 0.651. The molecule has 1 aromatic carbocycles. The molecule has 4 heteroatoms. The summed E-state index contributed by atoms with van der Waals surface area (Å²) in [6.07, 6.45) is 5.64. The Hall–Kier alpha value is -1.55. The van der Waals surface area contributed by atoms with Gasteiger partial charge in [-0.15, -0.1) is 0 Å². The van der Waals surface area contributed by atoms with Crippen LogP contribution in [0, 0.1) is 0 Å². The summed E-state index contributed by atoms with van der Waals surface area (Å²) in [7, 11) is 1.65. The Labute approximate surface area is 128 Å². The molecular formula is C17H28N2O2. The fourth-order valence-corrected chi connectivity index (χ4v) is 2.31. The summed E-state index contributed by atoms with van der Waals surface area (Å²) in [5.41, 5.74) is 6.57. The van der Waals surface area contributed by atoms with Crippen LogP contribution in [-0.4, -0.2) is 19.6 Å². The molecule has 1 atom stereocenters. The van der Waals surface area contributed by atoms with Crippen molar-refractivity contribution in [2.75, 3.05) is 13.7 Å². The lowest BCUT2D eigenvalue weighted by molar-refractivity contribution is -0.122. The first-order valence-electron chi connectivity index (χ1n) is 7.84. The van der Waals surface area contributed by atoms with E-state index >= 15 is 0 Å². The highest BCUT2D eigenvalue weighted by Gasteiger charge is 2.12. The summed E-state index contributed by atoms with van der Waals surface area (Å²) in [6.45, 7) is 2.82. The molecule has 0 aliphatic heterocycles. The van der Waals surface area contributed by atoms with Gasteiger partial charge < -0.3 is 15.8 Å². The van der Waals surface area contributed by atoms with Crippen LogP contribution in [0.5, 0.6) is 5.75 Å². The molecule has 3 N–H and O–H groups in total. The molecule has 21 heavy (non-hydrogen) atoms. The van der Waals surface area contributed by atoms with E-state index in [1.807, 2.05) is 24.3 Å². The van der Waals surface area contributed by atoms with E-state index in [-0.39, 0.29) is 11.9 Å². The number of nitrogens with two attached hydrogens (primary N) is 1. The van der Waals surface area contributed by atoms with Crippen LogP contribution in [0.3, 0.4) is 0 Å². The van der Waals surface area contributed by atoms with Gasteiger partial charge in [0, 0.05) is 6.42 Å². The second-order valence-electron chi connectivity index (χ2n) is 5.25. The van der Waals surface area contributed by atoms with Crippen LogP contribution >= 0.6 is 0 Å². The largest absolute Gasteiger partial charge is 0.497 e. The van der Waals surface area contributed by atoms with Crippen molar-refractivity contribution in [2.45, 2.75) is 51.5 Å². The molecule has 0 fully saturated rings.